The Labute approximate surface area is 101 Å². The fraction of sp³-hybridized carbons (Fsp3) is 0.500. The van der Waals surface area contributed by atoms with Crippen molar-refractivity contribution >= 4 is 17.4 Å². The summed E-state index contributed by atoms with van der Waals surface area (Å²) in [7, 11) is 0. The van der Waals surface area contributed by atoms with E-state index in [-0.39, 0.29) is 6.04 Å². The molecule has 1 aromatic rings. The first-order valence-electron chi connectivity index (χ1n) is 5.38. The quantitative estimate of drug-likeness (QED) is 0.647. The maximum Gasteiger partial charge on any atom is 0.137 e. The van der Waals surface area contributed by atoms with Crippen molar-refractivity contribution in [3.05, 3.63) is 16.5 Å². The van der Waals surface area contributed by atoms with Gasteiger partial charge in [-0.25, -0.2) is 9.97 Å². The molecule has 0 aliphatic heterocycles. The van der Waals surface area contributed by atoms with E-state index in [1.807, 2.05) is 13.8 Å². The molecule has 1 aliphatic rings. The fourth-order valence-electron chi connectivity index (χ4n) is 1.42. The van der Waals surface area contributed by atoms with Gasteiger partial charge in [0, 0.05) is 11.5 Å². The van der Waals surface area contributed by atoms with Crippen molar-refractivity contribution < 1.29 is 0 Å². The summed E-state index contributed by atoms with van der Waals surface area (Å²) in [6.45, 7) is 3.80. The Bertz CT molecular complexity index is 446. The Kier molecular flexibility index (Phi) is 3.02. The monoisotopic (exact) mass is 235 g/mol. The van der Waals surface area contributed by atoms with E-state index in [4.69, 9.17) is 18.0 Å². The van der Waals surface area contributed by atoms with E-state index in [1.165, 1.54) is 0 Å². The standard InChI is InChI=1S/C12H14ClN3/c1-4-7(2)14-11-8(3)10(13)15-12(16-11)9-5-6-9/h1,7,9H,5-6H2,2-3H3,(H,14,15,16). The van der Waals surface area contributed by atoms with Crippen molar-refractivity contribution in [2.24, 2.45) is 0 Å². The van der Waals surface area contributed by atoms with Gasteiger partial charge in [-0.2, -0.15) is 0 Å². The number of aromatic nitrogens is 2. The van der Waals surface area contributed by atoms with Gasteiger partial charge in [-0.15, -0.1) is 6.42 Å². The van der Waals surface area contributed by atoms with Crippen LogP contribution in [0.4, 0.5) is 5.82 Å². The second kappa shape index (κ2) is 4.31. The van der Waals surface area contributed by atoms with Gasteiger partial charge in [0.1, 0.15) is 16.8 Å². The van der Waals surface area contributed by atoms with Crippen LogP contribution >= 0.6 is 11.6 Å². The number of anilines is 1. The lowest BCUT2D eigenvalue weighted by Crippen LogP contribution is -2.15. The first-order valence-corrected chi connectivity index (χ1v) is 5.76. The predicted octanol–water partition coefficient (Wildman–Crippen LogP) is 2.75. The molecule has 16 heavy (non-hydrogen) atoms. The molecule has 0 amide bonds. The van der Waals surface area contributed by atoms with E-state index < -0.39 is 0 Å². The zero-order valence-electron chi connectivity index (χ0n) is 9.42. The van der Waals surface area contributed by atoms with Crippen molar-refractivity contribution in [1.29, 1.82) is 0 Å². The fourth-order valence-corrected chi connectivity index (χ4v) is 1.59. The second-order valence-corrected chi connectivity index (χ2v) is 4.51. The summed E-state index contributed by atoms with van der Waals surface area (Å²) < 4.78 is 0. The topological polar surface area (TPSA) is 37.8 Å². The molecule has 4 heteroatoms. The smallest absolute Gasteiger partial charge is 0.137 e. The van der Waals surface area contributed by atoms with Crippen LogP contribution in [0, 0.1) is 19.3 Å². The molecule has 1 aromatic heterocycles. The Balaban J connectivity index is 2.31. The van der Waals surface area contributed by atoms with E-state index in [9.17, 15) is 0 Å². The average Bonchev–Trinajstić information content (AvgIpc) is 3.07. The van der Waals surface area contributed by atoms with Crippen molar-refractivity contribution in [3.63, 3.8) is 0 Å². The molecule has 2 rings (SSSR count). The van der Waals surface area contributed by atoms with Gasteiger partial charge >= 0.3 is 0 Å². The van der Waals surface area contributed by atoms with Crippen LogP contribution in [0.25, 0.3) is 0 Å². The van der Waals surface area contributed by atoms with Gasteiger partial charge in [-0.1, -0.05) is 17.5 Å². The minimum atomic E-state index is -0.0586. The molecule has 84 valence electrons. The number of halogens is 1. The molecule has 1 aliphatic carbocycles. The molecule has 1 unspecified atom stereocenters. The number of hydrogen-bond donors (Lipinski definition) is 1. The number of rotatable bonds is 3. The molecule has 0 spiro atoms. The van der Waals surface area contributed by atoms with Crippen molar-refractivity contribution in [3.8, 4) is 12.3 Å². The molecule has 1 atom stereocenters. The minimum Gasteiger partial charge on any atom is -0.356 e. The van der Waals surface area contributed by atoms with Crippen LogP contribution in [0.5, 0.6) is 0 Å². The maximum absolute atomic E-state index is 6.07. The number of nitrogens with zero attached hydrogens (tertiary/aromatic N) is 2. The van der Waals surface area contributed by atoms with Crippen LogP contribution < -0.4 is 5.32 Å². The lowest BCUT2D eigenvalue weighted by atomic mass is 10.3. The highest BCUT2D eigenvalue weighted by Gasteiger charge is 2.28. The van der Waals surface area contributed by atoms with Crippen molar-refractivity contribution in [2.75, 3.05) is 5.32 Å². The van der Waals surface area contributed by atoms with Crippen LogP contribution in [0.2, 0.25) is 5.15 Å². The molecule has 0 bridgehead atoms. The Morgan fingerprint density at radius 1 is 1.50 bits per heavy atom. The summed E-state index contributed by atoms with van der Waals surface area (Å²) in [6, 6.07) is -0.0586. The third kappa shape index (κ3) is 2.28. The highest BCUT2D eigenvalue weighted by molar-refractivity contribution is 6.30. The molecule has 1 saturated carbocycles. The van der Waals surface area contributed by atoms with E-state index in [0.717, 1.165) is 30.0 Å². The number of hydrogen-bond acceptors (Lipinski definition) is 3. The highest BCUT2D eigenvalue weighted by Crippen LogP contribution is 2.39. The minimum absolute atomic E-state index is 0.0586. The van der Waals surface area contributed by atoms with Crippen LogP contribution in [-0.4, -0.2) is 16.0 Å². The molecule has 1 N–H and O–H groups in total. The molecule has 0 radical (unpaired) electrons. The van der Waals surface area contributed by atoms with Gasteiger partial charge in [0.15, 0.2) is 0 Å². The average molecular weight is 236 g/mol. The zero-order valence-corrected chi connectivity index (χ0v) is 10.2. The van der Waals surface area contributed by atoms with E-state index in [1.54, 1.807) is 0 Å². The molecule has 0 aromatic carbocycles. The normalized spacial score (nSPS) is 16.6. The maximum atomic E-state index is 6.07. The van der Waals surface area contributed by atoms with Gasteiger partial charge in [-0.3, -0.25) is 0 Å². The zero-order chi connectivity index (χ0) is 11.7. The first kappa shape index (κ1) is 11.2. The van der Waals surface area contributed by atoms with Crippen molar-refractivity contribution in [1.82, 2.24) is 9.97 Å². The molecular formula is C12H14ClN3. The highest BCUT2D eigenvalue weighted by atomic mass is 35.5. The van der Waals surface area contributed by atoms with E-state index in [2.05, 4.69) is 21.2 Å². The summed E-state index contributed by atoms with van der Waals surface area (Å²) in [5.41, 5.74) is 0.855. The van der Waals surface area contributed by atoms with Crippen LogP contribution in [0.15, 0.2) is 0 Å². The van der Waals surface area contributed by atoms with E-state index >= 15 is 0 Å². The van der Waals surface area contributed by atoms with Gasteiger partial charge in [0.05, 0.1) is 6.04 Å². The summed E-state index contributed by atoms with van der Waals surface area (Å²) in [5.74, 6) is 4.69. The molecule has 1 fully saturated rings. The summed E-state index contributed by atoms with van der Waals surface area (Å²) in [6.07, 6.45) is 7.64. The molecule has 0 saturated heterocycles. The Morgan fingerprint density at radius 2 is 2.19 bits per heavy atom. The van der Waals surface area contributed by atoms with Crippen LogP contribution in [0.3, 0.4) is 0 Å². The summed E-state index contributed by atoms with van der Waals surface area (Å²) >= 11 is 6.07. The number of terminal acetylenes is 1. The largest absolute Gasteiger partial charge is 0.356 e. The van der Waals surface area contributed by atoms with E-state index in [0.29, 0.717) is 11.1 Å². The van der Waals surface area contributed by atoms with Crippen molar-refractivity contribution in [2.45, 2.75) is 38.6 Å². The van der Waals surface area contributed by atoms with Gasteiger partial charge in [-0.05, 0) is 26.7 Å². The SMILES string of the molecule is C#CC(C)Nc1nc(C2CC2)nc(Cl)c1C. The molecule has 1 heterocycles. The summed E-state index contributed by atoms with van der Waals surface area (Å²) in [4.78, 5) is 8.77. The summed E-state index contributed by atoms with van der Waals surface area (Å²) in [5, 5.41) is 3.67. The predicted molar refractivity (Wildman–Crippen MR) is 65.7 cm³/mol. The Hall–Kier alpha value is -1.27. The lowest BCUT2D eigenvalue weighted by molar-refractivity contribution is 0.902. The molecular weight excluding hydrogens is 222 g/mol. The second-order valence-electron chi connectivity index (χ2n) is 4.15. The number of nitrogens with one attached hydrogen (secondary N) is 1. The third-order valence-electron chi connectivity index (χ3n) is 2.65. The van der Waals surface area contributed by atoms with Gasteiger partial charge < -0.3 is 5.32 Å². The van der Waals surface area contributed by atoms with Gasteiger partial charge in [0.25, 0.3) is 0 Å². The lowest BCUT2D eigenvalue weighted by Gasteiger charge is -2.13. The van der Waals surface area contributed by atoms with Gasteiger partial charge in [0.2, 0.25) is 0 Å². The molecule has 3 nitrogen and oxygen atoms in total. The van der Waals surface area contributed by atoms with Crippen LogP contribution in [0.1, 0.15) is 37.1 Å². The van der Waals surface area contributed by atoms with Crippen LogP contribution in [-0.2, 0) is 0 Å². The Morgan fingerprint density at radius 3 is 2.75 bits per heavy atom. The third-order valence-corrected chi connectivity index (χ3v) is 3.02. The first-order chi connectivity index (χ1) is 7.61.